The van der Waals surface area contributed by atoms with Crippen LogP contribution < -0.4 is 0 Å². The van der Waals surface area contributed by atoms with E-state index in [1.54, 1.807) is 0 Å². The number of likely N-dealkylation sites (tertiary alicyclic amines) is 1. The third-order valence-electron chi connectivity index (χ3n) is 3.61. The van der Waals surface area contributed by atoms with Crippen molar-refractivity contribution in [2.45, 2.75) is 64.3 Å². The van der Waals surface area contributed by atoms with Crippen LogP contribution >= 0.6 is 0 Å². The van der Waals surface area contributed by atoms with Crippen LogP contribution in [0.2, 0.25) is 0 Å². The number of rotatable bonds is 0. The van der Waals surface area contributed by atoms with Gasteiger partial charge in [0.25, 0.3) is 0 Å². The van der Waals surface area contributed by atoms with E-state index in [9.17, 15) is 9.90 Å². The first kappa shape index (κ1) is 11.7. The van der Waals surface area contributed by atoms with E-state index in [0.29, 0.717) is 6.42 Å². The lowest BCUT2D eigenvalue weighted by Gasteiger charge is -2.36. The fourth-order valence-electron chi connectivity index (χ4n) is 2.94. The third-order valence-corrected chi connectivity index (χ3v) is 3.61. The van der Waals surface area contributed by atoms with Crippen molar-refractivity contribution in [3.05, 3.63) is 0 Å². The predicted octanol–water partition coefficient (Wildman–Crippen LogP) is 1.77. The van der Waals surface area contributed by atoms with Crippen LogP contribution in [0.1, 0.15) is 40.5 Å². The summed E-state index contributed by atoms with van der Waals surface area (Å²) in [6.07, 6.45) is 1.15. The average Bonchev–Trinajstić information content (AvgIpc) is 2.56. The summed E-state index contributed by atoms with van der Waals surface area (Å²) < 4.78 is 5.39. The van der Waals surface area contributed by atoms with Crippen molar-refractivity contribution < 1.29 is 14.6 Å². The highest BCUT2D eigenvalue weighted by atomic mass is 16.6. The summed E-state index contributed by atoms with van der Waals surface area (Å²) >= 11 is 0. The van der Waals surface area contributed by atoms with E-state index in [1.165, 1.54) is 0 Å². The number of aliphatic hydroxyl groups excluding tert-OH is 1. The third kappa shape index (κ3) is 1.90. The molecule has 2 fully saturated rings. The second-order valence-electron chi connectivity index (χ2n) is 5.98. The van der Waals surface area contributed by atoms with Crippen molar-refractivity contribution in [1.29, 1.82) is 0 Å². The van der Waals surface area contributed by atoms with Crippen molar-refractivity contribution in [3.8, 4) is 0 Å². The van der Waals surface area contributed by atoms with Crippen molar-refractivity contribution in [3.63, 3.8) is 0 Å². The van der Waals surface area contributed by atoms with Crippen molar-refractivity contribution in [2.24, 2.45) is 5.92 Å². The molecule has 4 atom stereocenters. The summed E-state index contributed by atoms with van der Waals surface area (Å²) in [4.78, 5) is 13.8. The largest absolute Gasteiger partial charge is 0.444 e. The first-order chi connectivity index (χ1) is 7.29. The number of amides is 1. The van der Waals surface area contributed by atoms with Crippen molar-refractivity contribution >= 4 is 6.09 Å². The second kappa shape index (κ2) is 3.62. The van der Waals surface area contributed by atoms with Crippen LogP contribution in [0.3, 0.4) is 0 Å². The Bertz CT molecular complexity index is 295. The molecule has 1 saturated carbocycles. The van der Waals surface area contributed by atoms with Gasteiger partial charge in [-0.1, -0.05) is 0 Å². The van der Waals surface area contributed by atoms with E-state index in [2.05, 4.69) is 0 Å². The van der Waals surface area contributed by atoms with E-state index in [1.807, 2.05) is 32.6 Å². The molecule has 0 unspecified atom stereocenters. The zero-order valence-corrected chi connectivity index (χ0v) is 10.4. The quantitative estimate of drug-likeness (QED) is 0.686. The van der Waals surface area contributed by atoms with E-state index in [0.717, 1.165) is 6.42 Å². The van der Waals surface area contributed by atoms with Gasteiger partial charge >= 0.3 is 6.09 Å². The summed E-state index contributed by atoms with van der Waals surface area (Å²) in [6, 6.07) is 0.272. The topological polar surface area (TPSA) is 49.8 Å². The number of fused-ring (bicyclic) bond motifs is 2. The van der Waals surface area contributed by atoms with Crippen LogP contribution in [-0.4, -0.2) is 39.9 Å². The molecular formula is C12H21NO3. The van der Waals surface area contributed by atoms with Gasteiger partial charge in [0.2, 0.25) is 0 Å². The minimum atomic E-state index is -0.447. The highest BCUT2D eigenvalue weighted by Gasteiger charge is 2.51. The number of hydrogen-bond acceptors (Lipinski definition) is 3. The fourth-order valence-corrected chi connectivity index (χ4v) is 2.94. The van der Waals surface area contributed by atoms with Crippen LogP contribution in [0.5, 0.6) is 0 Å². The Hall–Kier alpha value is -0.770. The molecule has 2 aliphatic rings. The predicted molar refractivity (Wildman–Crippen MR) is 60.1 cm³/mol. The summed E-state index contributed by atoms with van der Waals surface area (Å²) in [5.41, 5.74) is -0.447. The van der Waals surface area contributed by atoms with Crippen molar-refractivity contribution in [1.82, 2.24) is 4.90 Å². The molecule has 0 radical (unpaired) electrons. The van der Waals surface area contributed by atoms with Gasteiger partial charge < -0.3 is 14.7 Å². The first-order valence-electron chi connectivity index (χ1n) is 5.99. The SMILES string of the molecule is C[C@@H]1[C@@H]2C[C@@H](C[C@H]2O)N1C(=O)OC(C)(C)C. The Balaban J connectivity index is 2.04. The maximum atomic E-state index is 12.0. The Kier molecular flexibility index (Phi) is 2.65. The smallest absolute Gasteiger partial charge is 0.410 e. The average molecular weight is 227 g/mol. The standard InChI is InChI=1S/C12H21NO3/c1-7-9-5-8(6-10(9)14)13(7)11(15)16-12(2,3)4/h7-10,14H,5-6H2,1-4H3/t7-,8+,9+,10-/m1/s1. The van der Waals surface area contributed by atoms with Gasteiger partial charge in [0, 0.05) is 18.0 Å². The lowest BCUT2D eigenvalue weighted by molar-refractivity contribution is -0.00750. The lowest BCUT2D eigenvalue weighted by Crippen LogP contribution is -2.49. The van der Waals surface area contributed by atoms with Gasteiger partial charge in [-0.2, -0.15) is 0 Å². The molecule has 2 rings (SSSR count). The van der Waals surface area contributed by atoms with Crippen LogP contribution in [-0.2, 0) is 4.74 Å². The van der Waals surface area contributed by atoms with Crippen LogP contribution in [0.25, 0.3) is 0 Å². The normalized spacial score (nSPS) is 37.9. The number of ether oxygens (including phenoxy) is 1. The van der Waals surface area contributed by atoms with Gasteiger partial charge in [0.15, 0.2) is 0 Å². The van der Waals surface area contributed by atoms with Gasteiger partial charge in [-0.3, -0.25) is 0 Å². The van der Waals surface area contributed by atoms with Gasteiger partial charge in [0.1, 0.15) is 5.60 Å². The second-order valence-corrected chi connectivity index (χ2v) is 5.98. The number of nitrogens with zero attached hydrogens (tertiary/aromatic N) is 1. The van der Waals surface area contributed by atoms with Gasteiger partial charge in [-0.05, 0) is 40.5 Å². The Morgan fingerprint density at radius 2 is 2.00 bits per heavy atom. The molecule has 1 aliphatic carbocycles. The van der Waals surface area contributed by atoms with Crippen molar-refractivity contribution in [2.75, 3.05) is 0 Å². The van der Waals surface area contributed by atoms with E-state index in [-0.39, 0.29) is 30.2 Å². The summed E-state index contributed by atoms with van der Waals surface area (Å²) in [5.74, 6) is 0.234. The molecule has 16 heavy (non-hydrogen) atoms. The van der Waals surface area contributed by atoms with E-state index in [4.69, 9.17) is 4.74 Å². The first-order valence-corrected chi connectivity index (χ1v) is 5.99. The molecule has 1 heterocycles. The Morgan fingerprint density at radius 1 is 1.38 bits per heavy atom. The molecule has 4 nitrogen and oxygen atoms in total. The minimum Gasteiger partial charge on any atom is -0.444 e. The fraction of sp³-hybridized carbons (Fsp3) is 0.917. The summed E-state index contributed by atoms with van der Waals surface area (Å²) in [7, 11) is 0. The molecule has 1 aliphatic heterocycles. The van der Waals surface area contributed by atoms with E-state index >= 15 is 0 Å². The maximum Gasteiger partial charge on any atom is 0.410 e. The zero-order valence-electron chi connectivity index (χ0n) is 10.4. The number of piperidine rings is 1. The summed E-state index contributed by atoms with van der Waals surface area (Å²) in [5, 5.41) is 9.74. The van der Waals surface area contributed by atoms with E-state index < -0.39 is 5.60 Å². The minimum absolute atomic E-state index is 0.101. The Morgan fingerprint density at radius 3 is 2.44 bits per heavy atom. The molecule has 0 aromatic heterocycles. The zero-order chi connectivity index (χ0) is 12.1. The summed E-state index contributed by atoms with van der Waals surface area (Å²) in [6.45, 7) is 7.62. The van der Waals surface area contributed by atoms with Crippen LogP contribution in [0.15, 0.2) is 0 Å². The molecule has 92 valence electrons. The van der Waals surface area contributed by atoms with Gasteiger partial charge in [-0.15, -0.1) is 0 Å². The molecule has 0 aromatic rings. The number of hydrogen-bond donors (Lipinski definition) is 1. The highest BCUT2D eigenvalue weighted by Crippen LogP contribution is 2.42. The van der Waals surface area contributed by atoms with Crippen LogP contribution in [0, 0.1) is 5.92 Å². The van der Waals surface area contributed by atoms with Crippen LogP contribution in [0.4, 0.5) is 4.79 Å². The van der Waals surface area contributed by atoms with Gasteiger partial charge in [-0.25, -0.2) is 4.79 Å². The highest BCUT2D eigenvalue weighted by molar-refractivity contribution is 5.69. The molecule has 1 N–H and O–H groups in total. The lowest BCUT2D eigenvalue weighted by atomic mass is 9.98. The molecule has 4 heteroatoms. The number of aliphatic hydroxyl groups is 1. The number of carbonyl (C=O) groups excluding carboxylic acids is 1. The Labute approximate surface area is 96.6 Å². The molecule has 2 bridgehead atoms. The maximum absolute atomic E-state index is 12.0. The number of carbonyl (C=O) groups is 1. The molecule has 1 saturated heterocycles. The monoisotopic (exact) mass is 227 g/mol. The molecule has 0 aromatic carbocycles. The molecule has 1 amide bonds. The molecule has 0 spiro atoms. The molecular weight excluding hydrogens is 206 g/mol. The van der Waals surface area contributed by atoms with Gasteiger partial charge in [0.05, 0.1) is 6.10 Å².